The molecule has 26 heavy (non-hydrogen) atoms. The number of aryl methyl sites for hydroxylation is 1. The highest BCUT2D eigenvalue weighted by Crippen LogP contribution is 2.21. The van der Waals surface area contributed by atoms with Crippen LogP contribution in [0.2, 0.25) is 0 Å². The van der Waals surface area contributed by atoms with Gasteiger partial charge in [-0.2, -0.15) is 0 Å². The second-order valence-corrected chi connectivity index (χ2v) is 8.20. The summed E-state index contributed by atoms with van der Waals surface area (Å²) in [5.74, 6) is -0.145. The maximum absolute atomic E-state index is 12.7. The van der Waals surface area contributed by atoms with Gasteiger partial charge in [0.15, 0.2) is 0 Å². The molecule has 8 nitrogen and oxygen atoms in total. The molecule has 2 aliphatic heterocycles. The molecule has 0 bridgehead atoms. The topological polar surface area (TPSA) is 96.0 Å². The van der Waals surface area contributed by atoms with E-state index < -0.39 is 22.1 Å². The maximum atomic E-state index is 12.7. The van der Waals surface area contributed by atoms with Crippen LogP contribution in [-0.4, -0.2) is 69.0 Å². The summed E-state index contributed by atoms with van der Waals surface area (Å²) in [4.78, 5) is 28.2. The first-order chi connectivity index (χ1) is 12.4. The molecule has 3 rings (SSSR count). The Morgan fingerprint density at radius 3 is 2.42 bits per heavy atom. The summed E-state index contributed by atoms with van der Waals surface area (Å²) in [6.07, 6.45) is 1.20. The molecule has 9 heteroatoms. The average molecular weight is 381 g/mol. The highest BCUT2D eigenvalue weighted by molar-refractivity contribution is 7.90. The van der Waals surface area contributed by atoms with Gasteiger partial charge in [-0.05, 0) is 31.9 Å². The Kier molecular flexibility index (Phi) is 5.47. The van der Waals surface area contributed by atoms with Gasteiger partial charge in [0.2, 0.25) is 5.91 Å². The van der Waals surface area contributed by atoms with Crippen LogP contribution >= 0.6 is 0 Å². The van der Waals surface area contributed by atoms with Crippen LogP contribution in [0.5, 0.6) is 0 Å². The lowest BCUT2D eigenvalue weighted by atomic mass is 10.2. The van der Waals surface area contributed by atoms with Crippen LogP contribution in [0.1, 0.15) is 18.4 Å². The molecular weight excluding hydrogens is 358 g/mol. The predicted molar refractivity (Wildman–Crippen MR) is 94.0 cm³/mol. The number of nitrogens with zero attached hydrogens (tertiary/aromatic N) is 2. The molecule has 1 aromatic rings. The molecule has 0 radical (unpaired) electrons. The summed E-state index contributed by atoms with van der Waals surface area (Å²) in [6.45, 7) is 4.15. The lowest BCUT2D eigenvalue weighted by Crippen LogP contribution is -2.53. The van der Waals surface area contributed by atoms with E-state index in [-0.39, 0.29) is 10.8 Å². The average Bonchev–Trinajstić information content (AvgIpc) is 3.12. The smallest absolute Gasteiger partial charge is 0.331 e. The van der Waals surface area contributed by atoms with E-state index in [9.17, 15) is 18.0 Å². The van der Waals surface area contributed by atoms with Crippen molar-refractivity contribution in [1.82, 2.24) is 14.5 Å². The lowest BCUT2D eigenvalue weighted by molar-refractivity contribution is -0.139. The van der Waals surface area contributed by atoms with Gasteiger partial charge in [-0.3, -0.25) is 4.79 Å². The van der Waals surface area contributed by atoms with Gasteiger partial charge in [-0.25, -0.2) is 17.9 Å². The number of sulfonamides is 1. The monoisotopic (exact) mass is 381 g/mol. The first-order valence-electron chi connectivity index (χ1n) is 8.65. The van der Waals surface area contributed by atoms with Crippen LogP contribution in [0.25, 0.3) is 0 Å². The molecule has 0 unspecified atom stereocenters. The van der Waals surface area contributed by atoms with E-state index in [1.807, 2.05) is 6.92 Å². The van der Waals surface area contributed by atoms with Crippen LogP contribution in [-0.2, 0) is 19.6 Å². The SMILES string of the molecule is Cc1ccc(S(=O)(=O)NC(=O)N2CCC[C@@H]2C(=O)N2CCOCC2)cc1. The van der Waals surface area contributed by atoms with Crippen molar-refractivity contribution in [1.29, 1.82) is 0 Å². The van der Waals surface area contributed by atoms with Gasteiger partial charge in [0, 0.05) is 19.6 Å². The number of hydrogen-bond donors (Lipinski definition) is 1. The summed E-state index contributed by atoms with van der Waals surface area (Å²) in [5, 5.41) is 0. The largest absolute Gasteiger partial charge is 0.378 e. The Morgan fingerprint density at radius 2 is 1.77 bits per heavy atom. The number of morpholine rings is 1. The van der Waals surface area contributed by atoms with Gasteiger partial charge in [-0.1, -0.05) is 17.7 Å². The molecular formula is C17H23N3O5S. The third-order valence-electron chi connectivity index (χ3n) is 4.67. The van der Waals surface area contributed by atoms with Gasteiger partial charge in [0.05, 0.1) is 18.1 Å². The van der Waals surface area contributed by atoms with E-state index in [0.29, 0.717) is 45.7 Å². The molecule has 3 amide bonds. The number of amides is 3. The quantitative estimate of drug-likeness (QED) is 0.832. The first-order valence-corrected chi connectivity index (χ1v) is 10.1. The molecule has 1 N–H and O–H groups in total. The summed E-state index contributed by atoms with van der Waals surface area (Å²) in [7, 11) is -3.97. The van der Waals surface area contributed by atoms with E-state index in [1.54, 1.807) is 17.0 Å². The van der Waals surface area contributed by atoms with Gasteiger partial charge in [0.25, 0.3) is 10.0 Å². The standard InChI is InChI=1S/C17H23N3O5S/c1-13-4-6-14(7-5-13)26(23,24)18-17(22)20-8-2-3-15(20)16(21)19-9-11-25-12-10-19/h4-7,15H,2-3,8-12H2,1H3,(H,18,22)/t15-/m1/s1. The van der Waals surface area contributed by atoms with Crippen LogP contribution in [0, 0.1) is 6.92 Å². The molecule has 1 atom stereocenters. The van der Waals surface area contributed by atoms with E-state index in [4.69, 9.17) is 4.74 Å². The van der Waals surface area contributed by atoms with Crippen molar-refractivity contribution in [3.8, 4) is 0 Å². The van der Waals surface area contributed by atoms with Gasteiger partial charge in [0.1, 0.15) is 6.04 Å². The summed E-state index contributed by atoms with van der Waals surface area (Å²) in [5.41, 5.74) is 0.922. The van der Waals surface area contributed by atoms with Crippen molar-refractivity contribution in [2.24, 2.45) is 0 Å². The number of likely N-dealkylation sites (tertiary alicyclic amines) is 1. The third-order valence-corrected chi connectivity index (χ3v) is 6.01. The van der Waals surface area contributed by atoms with Crippen molar-refractivity contribution in [3.05, 3.63) is 29.8 Å². The molecule has 0 aliphatic carbocycles. The second kappa shape index (κ2) is 7.63. The fraction of sp³-hybridized carbons (Fsp3) is 0.529. The minimum absolute atomic E-state index is 0.0201. The number of carbonyl (C=O) groups excluding carboxylic acids is 2. The van der Waals surface area contributed by atoms with Crippen LogP contribution in [0.15, 0.2) is 29.2 Å². The zero-order valence-electron chi connectivity index (χ0n) is 14.7. The number of hydrogen-bond acceptors (Lipinski definition) is 5. The molecule has 1 aromatic carbocycles. The summed E-state index contributed by atoms with van der Waals surface area (Å²) < 4.78 is 32.2. The van der Waals surface area contributed by atoms with E-state index in [2.05, 4.69) is 4.72 Å². The molecule has 142 valence electrons. The Hall–Kier alpha value is -2.13. The third kappa shape index (κ3) is 3.99. The predicted octanol–water partition coefficient (Wildman–Crippen LogP) is 0.717. The van der Waals surface area contributed by atoms with Gasteiger partial charge < -0.3 is 14.5 Å². The summed E-state index contributed by atoms with van der Waals surface area (Å²) >= 11 is 0. The Morgan fingerprint density at radius 1 is 1.12 bits per heavy atom. The molecule has 2 fully saturated rings. The van der Waals surface area contributed by atoms with Crippen molar-refractivity contribution >= 4 is 22.0 Å². The number of urea groups is 1. The molecule has 2 aliphatic rings. The summed E-state index contributed by atoms with van der Waals surface area (Å²) in [6, 6.07) is 4.85. The van der Waals surface area contributed by atoms with E-state index >= 15 is 0 Å². The van der Waals surface area contributed by atoms with Crippen molar-refractivity contribution in [3.63, 3.8) is 0 Å². The van der Waals surface area contributed by atoms with Crippen LogP contribution in [0.3, 0.4) is 0 Å². The van der Waals surface area contributed by atoms with Crippen molar-refractivity contribution in [2.45, 2.75) is 30.7 Å². The number of benzene rings is 1. The zero-order chi connectivity index (χ0) is 18.7. The van der Waals surface area contributed by atoms with Gasteiger partial charge >= 0.3 is 6.03 Å². The first kappa shape index (κ1) is 18.7. The molecule has 2 saturated heterocycles. The Balaban J connectivity index is 1.69. The Bertz CT molecular complexity index is 772. The van der Waals surface area contributed by atoms with E-state index in [0.717, 1.165) is 5.56 Å². The molecule has 0 aromatic heterocycles. The van der Waals surface area contributed by atoms with Gasteiger partial charge in [-0.15, -0.1) is 0 Å². The highest BCUT2D eigenvalue weighted by Gasteiger charge is 2.38. The zero-order valence-corrected chi connectivity index (χ0v) is 15.5. The Labute approximate surface area is 153 Å². The van der Waals surface area contributed by atoms with E-state index in [1.165, 1.54) is 17.0 Å². The number of ether oxygens (including phenoxy) is 1. The highest BCUT2D eigenvalue weighted by atomic mass is 32.2. The maximum Gasteiger partial charge on any atom is 0.331 e. The normalized spacial score (nSPS) is 20.9. The number of carbonyl (C=O) groups is 2. The molecule has 0 saturated carbocycles. The number of rotatable bonds is 3. The lowest BCUT2D eigenvalue weighted by Gasteiger charge is -2.32. The minimum Gasteiger partial charge on any atom is -0.378 e. The van der Waals surface area contributed by atoms with Crippen molar-refractivity contribution < 1.29 is 22.7 Å². The minimum atomic E-state index is -3.97. The fourth-order valence-corrected chi connectivity index (χ4v) is 4.17. The molecule has 2 heterocycles. The van der Waals surface area contributed by atoms with Crippen LogP contribution < -0.4 is 4.72 Å². The van der Waals surface area contributed by atoms with Crippen LogP contribution in [0.4, 0.5) is 4.79 Å². The number of nitrogens with one attached hydrogen (secondary N) is 1. The van der Waals surface area contributed by atoms with Crippen molar-refractivity contribution in [2.75, 3.05) is 32.8 Å². The molecule has 0 spiro atoms. The fourth-order valence-electron chi connectivity index (χ4n) is 3.21. The second-order valence-electron chi connectivity index (χ2n) is 6.51.